The van der Waals surface area contributed by atoms with E-state index in [0.717, 1.165) is 24.1 Å². The largest absolute Gasteiger partial charge is 0.462 e. The van der Waals surface area contributed by atoms with Gasteiger partial charge in [-0.3, -0.25) is 4.79 Å². The van der Waals surface area contributed by atoms with E-state index in [4.69, 9.17) is 4.74 Å². The number of carbonyl (C=O) groups excluding carboxylic acids is 2. The van der Waals surface area contributed by atoms with Crippen LogP contribution in [-0.4, -0.2) is 38.1 Å². The summed E-state index contributed by atoms with van der Waals surface area (Å²) in [7, 11) is 0. The van der Waals surface area contributed by atoms with Crippen molar-refractivity contribution in [1.29, 1.82) is 0 Å². The van der Waals surface area contributed by atoms with Crippen molar-refractivity contribution in [1.82, 2.24) is 19.6 Å². The van der Waals surface area contributed by atoms with Gasteiger partial charge < -0.3 is 10.1 Å². The molecule has 8 nitrogen and oxygen atoms in total. The number of anilines is 1. The van der Waals surface area contributed by atoms with Crippen molar-refractivity contribution in [3.63, 3.8) is 0 Å². The minimum atomic E-state index is -0.482. The number of esters is 1. The van der Waals surface area contributed by atoms with Crippen molar-refractivity contribution in [3.8, 4) is 0 Å². The molecule has 1 aliphatic carbocycles. The Hall–Kier alpha value is -2.81. The van der Waals surface area contributed by atoms with Crippen LogP contribution in [0.1, 0.15) is 57.9 Å². The number of hydrogen-bond acceptors (Lipinski definition) is 7. The smallest absolute Gasteiger partial charge is 0.341 e. The van der Waals surface area contributed by atoms with E-state index in [9.17, 15) is 9.59 Å². The molecule has 0 atom stereocenters. The van der Waals surface area contributed by atoms with Gasteiger partial charge in [-0.15, -0.1) is 16.4 Å². The third kappa shape index (κ3) is 2.94. The number of carbonyl (C=O) groups is 2. The molecule has 1 aliphatic rings. The second-order valence-electron chi connectivity index (χ2n) is 6.08. The van der Waals surface area contributed by atoms with Gasteiger partial charge in [0.25, 0.3) is 11.7 Å². The summed E-state index contributed by atoms with van der Waals surface area (Å²) in [5.74, 6) is -0.166. The SMILES string of the molecule is CCOC(=O)c1c(C2CC2)csc1NC(=O)c1nc2nccc(C)n2n1. The number of fused-ring (bicyclic) bond motifs is 1. The Bertz CT molecular complexity index is 1010. The summed E-state index contributed by atoms with van der Waals surface area (Å²) in [6.07, 6.45) is 3.71. The summed E-state index contributed by atoms with van der Waals surface area (Å²) in [6.45, 7) is 3.89. The van der Waals surface area contributed by atoms with Crippen molar-refractivity contribution in [3.05, 3.63) is 40.3 Å². The van der Waals surface area contributed by atoms with Gasteiger partial charge in [-0.2, -0.15) is 4.98 Å². The minimum absolute atomic E-state index is 0.00276. The molecule has 3 aromatic heterocycles. The van der Waals surface area contributed by atoms with Gasteiger partial charge in [-0.25, -0.2) is 14.3 Å². The summed E-state index contributed by atoms with van der Waals surface area (Å²) in [5.41, 5.74) is 2.22. The summed E-state index contributed by atoms with van der Waals surface area (Å²) in [4.78, 5) is 33.2. The maximum Gasteiger partial charge on any atom is 0.341 e. The Balaban J connectivity index is 1.64. The topological polar surface area (TPSA) is 98.5 Å². The highest BCUT2D eigenvalue weighted by molar-refractivity contribution is 7.15. The van der Waals surface area contributed by atoms with E-state index in [0.29, 0.717) is 22.3 Å². The number of rotatable bonds is 5. The average molecular weight is 371 g/mol. The van der Waals surface area contributed by atoms with Crippen molar-refractivity contribution in [2.24, 2.45) is 0 Å². The number of nitrogens with one attached hydrogen (secondary N) is 1. The van der Waals surface area contributed by atoms with Gasteiger partial charge in [0.1, 0.15) is 5.00 Å². The monoisotopic (exact) mass is 371 g/mol. The summed E-state index contributed by atoms with van der Waals surface area (Å²) in [6, 6.07) is 1.78. The molecule has 134 valence electrons. The highest BCUT2D eigenvalue weighted by Gasteiger charge is 2.32. The minimum Gasteiger partial charge on any atom is -0.462 e. The Kier molecular flexibility index (Phi) is 4.15. The van der Waals surface area contributed by atoms with Gasteiger partial charge >= 0.3 is 5.97 Å². The Morgan fingerprint density at radius 3 is 2.92 bits per heavy atom. The Morgan fingerprint density at radius 1 is 1.42 bits per heavy atom. The molecule has 9 heteroatoms. The van der Waals surface area contributed by atoms with Crippen LogP contribution in [0.2, 0.25) is 0 Å². The van der Waals surface area contributed by atoms with Crippen LogP contribution < -0.4 is 5.32 Å². The number of hydrogen-bond donors (Lipinski definition) is 1. The van der Waals surface area contributed by atoms with Crippen molar-refractivity contribution in [2.75, 3.05) is 11.9 Å². The van der Waals surface area contributed by atoms with Crippen LogP contribution in [0.15, 0.2) is 17.6 Å². The van der Waals surface area contributed by atoms with Gasteiger partial charge in [0.2, 0.25) is 5.82 Å². The third-order valence-electron chi connectivity index (χ3n) is 4.18. The first kappa shape index (κ1) is 16.6. The molecule has 0 unspecified atom stereocenters. The fourth-order valence-electron chi connectivity index (χ4n) is 2.73. The molecule has 0 bridgehead atoms. The van der Waals surface area contributed by atoms with Crippen molar-refractivity contribution >= 4 is 34.0 Å². The number of nitrogens with zero attached hydrogens (tertiary/aromatic N) is 4. The number of aromatic nitrogens is 4. The Morgan fingerprint density at radius 2 is 2.23 bits per heavy atom. The fraction of sp³-hybridized carbons (Fsp3) is 0.353. The molecule has 1 N–H and O–H groups in total. The van der Waals surface area contributed by atoms with Crippen molar-refractivity contribution in [2.45, 2.75) is 32.6 Å². The predicted octanol–water partition coefficient (Wildman–Crippen LogP) is 2.80. The lowest BCUT2D eigenvalue weighted by Gasteiger charge is -2.07. The van der Waals surface area contributed by atoms with E-state index in [-0.39, 0.29) is 12.4 Å². The van der Waals surface area contributed by atoms with Crippen LogP contribution >= 0.6 is 11.3 Å². The van der Waals surface area contributed by atoms with E-state index in [2.05, 4.69) is 20.4 Å². The summed E-state index contributed by atoms with van der Waals surface area (Å²) in [5, 5.41) is 9.35. The van der Waals surface area contributed by atoms with Crippen LogP contribution in [0.25, 0.3) is 5.78 Å². The second kappa shape index (κ2) is 6.49. The molecule has 1 amide bonds. The van der Waals surface area contributed by atoms with Gasteiger partial charge in [0, 0.05) is 11.9 Å². The molecule has 4 rings (SSSR count). The van der Waals surface area contributed by atoms with Crippen LogP contribution in [-0.2, 0) is 4.74 Å². The molecule has 26 heavy (non-hydrogen) atoms. The molecule has 0 aromatic carbocycles. The third-order valence-corrected chi connectivity index (χ3v) is 5.09. The molecule has 3 heterocycles. The van der Waals surface area contributed by atoms with E-state index in [1.54, 1.807) is 19.2 Å². The van der Waals surface area contributed by atoms with Gasteiger partial charge in [-0.05, 0) is 49.6 Å². The zero-order chi connectivity index (χ0) is 18.3. The molecule has 0 aliphatic heterocycles. The van der Waals surface area contributed by atoms with Gasteiger partial charge in [0.15, 0.2) is 0 Å². The molecular formula is C17H17N5O3S. The highest BCUT2D eigenvalue weighted by atomic mass is 32.1. The number of ether oxygens (including phenoxy) is 1. The zero-order valence-corrected chi connectivity index (χ0v) is 15.2. The Labute approximate surface area is 153 Å². The normalized spacial score (nSPS) is 13.8. The van der Waals surface area contributed by atoms with Gasteiger partial charge in [0.05, 0.1) is 12.2 Å². The van der Waals surface area contributed by atoms with E-state index >= 15 is 0 Å². The molecule has 1 fully saturated rings. The maximum atomic E-state index is 12.6. The maximum absolute atomic E-state index is 12.6. The van der Waals surface area contributed by atoms with E-state index in [1.807, 2.05) is 12.3 Å². The first-order valence-electron chi connectivity index (χ1n) is 8.36. The second-order valence-corrected chi connectivity index (χ2v) is 6.96. The van der Waals surface area contributed by atoms with Crippen LogP contribution in [0.4, 0.5) is 5.00 Å². The van der Waals surface area contributed by atoms with Gasteiger partial charge in [-0.1, -0.05) is 0 Å². The summed E-state index contributed by atoms with van der Waals surface area (Å²) >= 11 is 1.32. The molecule has 0 radical (unpaired) electrons. The van der Waals surface area contributed by atoms with Crippen molar-refractivity contribution < 1.29 is 14.3 Å². The number of thiophene rings is 1. The van der Waals surface area contributed by atoms with E-state index in [1.165, 1.54) is 15.9 Å². The molecule has 0 spiro atoms. The summed E-state index contributed by atoms with van der Waals surface area (Å²) < 4.78 is 6.67. The lowest BCUT2D eigenvalue weighted by molar-refractivity contribution is 0.0527. The fourth-order valence-corrected chi connectivity index (χ4v) is 3.76. The lowest BCUT2D eigenvalue weighted by Crippen LogP contribution is -2.16. The van der Waals surface area contributed by atoms with Crippen LogP contribution in [0.3, 0.4) is 0 Å². The number of amides is 1. The van der Waals surface area contributed by atoms with E-state index < -0.39 is 11.9 Å². The first-order valence-corrected chi connectivity index (χ1v) is 9.24. The number of aryl methyl sites for hydroxylation is 1. The lowest BCUT2D eigenvalue weighted by atomic mass is 10.1. The predicted molar refractivity (Wildman–Crippen MR) is 95.7 cm³/mol. The molecular weight excluding hydrogens is 354 g/mol. The van der Waals surface area contributed by atoms with Crippen LogP contribution in [0.5, 0.6) is 0 Å². The molecule has 1 saturated carbocycles. The first-order chi connectivity index (χ1) is 12.6. The zero-order valence-electron chi connectivity index (χ0n) is 14.4. The molecule has 0 saturated heterocycles. The highest BCUT2D eigenvalue weighted by Crippen LogP contribution is 2.46. The standard InChI is InChI=1S/C17H17N5O3S/c1-3-25-16(24)12-11(10-4-5-10)8-26-15(12)20-14(23)13-19-17-18-7-6-9(2)22(17)21-13/h6-8,10H,3-5H2,1-2H3,(H,20,23). The molecule has 3 aromatic rings. The van der Waals surface area contributed by atoms with Crippen LogP contribution in [0, 0.1) is 6.92 Å². The average Bonchev–Trinajstić information content (AvgIpc) is 3.21. The quantitative estimate of drug-likeness (QED) is 0.693.